The van der Waals surface area contributed by atoms with Gasteiger partial charge >= 0.3 is 0 Å². The predicted molar refractivity (Wildman–Crippen MR) is 84.1 cm³/mol. The van der Waals surface area contributed by atoms with E-state index < -0.39 is 0 Å². The lowest BCUT2D eigenvalue weighted by Crippen LogP contribution is -2.48. The van der Waals surface area contributed by atoms with Crippen LogP contribution in [0.1, 0.15) is 24.2 Å². The van der Waals surface area contributed by atoms with E-state index in [-0.39, 0.29) is 12.0 Å². The third-order valence-electron chi connectivity index (χ3n) is 3.54. The number of aromatic nitrogens is 1. The number of hydrogen-bond donors (Lipinski definition) is 1. The van der Waals surface area contributed by atoms with Gasteiger partial charge in [0.2, 0.25) is 5.88 Å². The van der Waals surface area contributed by atoms with E-state index in [9.17, 15) is 4.79 Å². The fourth-order valence-corrected chi connectivity index (χ4v) is 2.53. The minimum absolute atomic E-state index is 0.0441. The van der Waals surface area contributed by atoms with Crippen molar-refractivity contribution in [2.75, 3.05) is 39.9 Å². The SMILES string of the molecule is COc1ccc(C(=O)NCC2CN(CC(C)C)CCO2)cn1. The smallest absolute Gasteiger partial charge is 0.252 e. The Morgan fingerprint density at radius 2 is 2.36 bits per heavy atom. The highest BCUT2D eigenvalue weighted by atomic mass is 16.5. The quantitative estimate of drug-likeness (QED) is 0.855. The number of amides is 1. The van der Waals surface area contributed by atoms with Gasteiger partial charge in [-0.15, -0.1) is 0 Å². The summed E-state index contributed by atoms with van der Waals surface area (Å²) < 4.78 is 10.7. The van der Waals surface area contributed by atoms with Crippen LogP contribution in [-0.4, -0.2) is 61.8 Å². The standard InChI is InChI=1S/C16H25N3O3/c1-12(2)10-19-6-7-22-14(11-19)9-18-16(20)13-4-5-15(21-3)17-8-13/h4-5,8,12,14H,6-7,9-11H2,1-3H3,(H,18,20). The summed E-state index contributed by atoms with van der Waals surface area (Å²) in [6, 6.07) is 3.38. The van der Waals surface area contributed by atoms with Gasteiger partial charge in [0.15, 0.2) is 0 Å². The van der Waals surface area contributed by atoms with Crippen LogP contribution < -0.4 is 10.1 Å². The zero-order valence-electron chi connectivity index (χ0n) is 13.5. The molecular formula is C16H25N3O3. The van der Waals surface area contributed by atoms with Crippen LogP contribution in [0.3, 0.4) is 0 Å². The second-order valence-electron chi connectivity index (χ2n) is 5.95. The summed E-state index contributed by atoms with van der Waals surface area (Å²) in [6.45, 7) is 8.54. The largest absolute Gasteiger partial charge is 0.481 e. The van der Waals surface area contributed by atoms with E-state index in [1.165, 1.54) is 6.20 Å². The lowest BCUT2D eigenvalue weighted by Gasteiger charge is -2.33. The normalized spacial score (nSPS) is 19.2. The molecule has 1 atom stereocenters. The summed E-state index contributed by atoms with van der Waals surface area (Å²) in [5, 5.41) is 2.91. The van der Waals surface area contributed by atoms with Crippen molar-refractivity contribution in [2.45, 2.75) is 20.0 Å². The first-order valence-corrected chi connectivity index (χ1v) is 7.70. The fourth-order valence-electron chi connectivity index (χ4n) is 2.53. The number of morpholine rings is 1. The molecular weight excluding hydrogens is 282 g/mol. The molecule has 0 spiro atoms. The van der Waals surface area contributed by atoms with Gasteiger partial charge in [-0.05, 0) is 12.0 Å². The summed E-state index contributed by atoms with van der Waals surface area (Å²) in [5.74, 6) is 0.995. The highest BCUT2D eigenvalue weighted by Crippen LogP contribution is 2.09. The first kappa shape index (κ1) is 16.7. The van der Waals surface area contributed by atoms with Crippen molar-refractivity contribution in [2.24, 2.45) is 5.92 Å². The van der Waals surface area contributed by atoms with E-state index >= 15 is 0 Å². The van der Waals surface area contributed by atoms with Crippen molar-refractivity contribution in [3.63, 3.8) is 0 Å². The van der Waals surface area contributed by atoms with Gasteiger partial charge in [0.1, 0.15) is 0 Å². The first-order chi connectivity index (χ1) is 10.6. The zero-order chi connectivity index (χ0) is 15.9. The third kappa shape index (κ3) is 4.96. The predicted octanol–water partition coefficient (Wildman–Crippen LogP) is 1.18. The Balaban J connectivity index is 1.79. The average Bonchev–Trinajstić information content (AvgIpc) is 2.52. The summed E-state index contributed by atoms with van der Waals surface area (Å²) in [6.07, 6.45) is 1.56. The van der Waals surface area contributed by atoms with Crippen LogP contribution in [0.15, 0.2) is 18.3 Å². The number of hydrogen-bond acceptors (Lipinski definition) is 5. The molecule has 0 aromatic carbocycles. The van der Waals surface area contributed by atoms with Crippen molar-refractivity contribution in [3.05, 3.63) is 23.9 Å². The molecule has 0 aliphatic carbocycles. The number of rotatable bonds is 6. The first-order valence-electron chi connectivity index (χ1n) is 7.70. The number of carbonyl (C=O) groups excluding carboxylic acids is 1. The fraction of sp³-hybridized carbons (Fsp3) is 0.625. The molecule has 2 heterocycles. The van der Waals surface area contributed by atoms with Crippen LogP contribution in [0, 0.1) is 5.92 Å². The Bertz CT molecular complexity index is 476. The van der Waals surface area contributed by atoms with Gasteiger partial charge in [-0.3, -0.25) is 9.69 Å². The molecule has 2 rings (SSSR count). The second-order valence-corrected chi connectivity index (χ2v) is 5.95. The maximum atomic E-state index is 12.1. The van der Waals surface area contributed by atoms with Gasteiger partial charge in [0.25, 0.3) is 5.91 Å². The molecule has 6 heteroatoms. The van der Waals surface area contributed by atoms with E-state index in [0.29, 0.717) is 23.9 Å². The van der Waals surface area contributed by atoms with Gasteiger partial charge in [0, 0.05) is 38.4 Å². The molecule has 1 aliphatic rings. The molecule has 1 unspecified atom stereocenters. The molecule has 1 amide bonds. The highest BCUT2D eigenvalue weighted by molar-refractivity contribution is 5.93. The molecule has 1 aromatic rings. The Hall–Kier alpha value is -1.66. The third-order valence-corrected chi connectivity index (χ3v) is 3.54. The van der Waals surface area contributed by atoms with Crippen LogP contribution in [0.5, 0.6) is 5.88 Å². The molecule has 1 saturated heterocycles. The molecule has 1 aliphatic heterocycles. The molecule has 1 fully saturated rings. The Labute approximate surface area is 131 Å². The van der Waals surface area contributed by atoms with E-state index in [2.05, 4.69) is 29.0 Å². The van der Waals surface area contributed by atoms with Crippen molar-refractivity contribution < 1.29 is 14.3 Å². The average molecular weight is 307 g/mol. The topological polar surface area (TPSA) is 63.7 Å². The van der Waals surface area contributed by atoms with E-state index in [1.807, 2.05) is 0 Å². The lowest BCUT2D eigenvalue weighted by atomic mass is 10.1. The number of nitrogens with zero attached hydrogens (tertiary/aromatic N) is 2. The van der Waals surface area contributed by atoms with Gasteiger partial charge in [-0.1, -0.05) is 13.8 Å². The minimum atomic E-state index is -0.139. The van der Waals surface area contributed by atoms with Crippen molar-refractivity contribution in [1.82, 2.24) is 15.2 Å². The number of nitrogens with one attached hydrogen (secondary N) is 1. The number of pyridine rings is 1. The van der Waals surface area contributed by atoms with Gasteiger partial charge < -0.3 is 14.8 Å². The van der Waals surface area contributed by atoms with Gasteiger partial charge in [-0.2, -0.15) is 0 Å². The summed E-state index contributed by atoms with van der Waals surface area (Å²) >= 11 is 0. The monoisotopic (exact) mass is 307 g/mol. The van der Waals surface area contributed by atoms with Crippen LogP contribution in [-0.2, 0) is 4.74 Å². The highest BCUT2D eigenvalue weighted by Gasteiger charge is 2.21. The molecule has 1 N–H and O–H groups in total. The van der Waals surface area contributed by atoms with Crippen LogP contribution in [0.4, 0.5) is 0 Å². The Morgan fingerprint density at radius 1 is 1.55 bits per heavy atom. The number of methoxy groups -OCH3 is 1. The maximum Gasteiger partial charge on any atom is 0.252 e. The summed E-state index contributed by atoms with van der Waals surface area (Å²) in [7, 11) is 1.55. The Morgan fingerprint density at radius 3 is 3.00 bits per heavy atom. The molecule has 22 heavy (non-hydrogen) atoms. The molecule has 0 bridgehead atoms. The zero-order valence-corrected chi connectivity index (χ0v) is 13.5. The number of ether oxygens (including phenoxy) is 2. The van der Waals surface area contributed by atoms with Crippen LogP contribution in [0.2, 0.25) is 0 Å². The molecule has 122 valence electrons. The maximum absolute atomic E-state index is 12.1. The molecule has 1 aromatic heterocycles. The minimum Gasteiger partial charge on any atom is -0.481 e. The van der Waals surface area contributed by atoms with E-state index in [0.717, 1.165) is 26.2 Å². The summed E-state index contributed by atoms with van der Waals surface area (Å²) in [5.41, 5.74) is 0.524. The molecule has 6 nitrogen and oxygen atoms in total. The van der Waals surface area contributed by atoms with Crippen LogP contribution in [0.25, 0.3) is 0 Å². The number of carbonyl (C=O) groups is 1. The van der Waals surface area contributed by atoms with Crippen molar-refractivity contribution >= 4 is 5.91 Å². The lowest BCUT2D eigenvalue weighted by molar-refractivity contribution is -0.0295. The summed E-state index contributed by atoms with van der Waals surface area (Å²) in [4.78, 5) is 18.5. The van der Waals surface area contributed by atoms with E-state index in [1.54, 1.807) is 19.2 Å². The van der Waals surface area contributed by atoms with Crippen molar-refractivity contribution in [1.29, 1.82) is 0 Å². The van der Waals surface area contributed by atoms with Gasteiger partial charge in [0.05, 0.1) is 25.4 Å². The van der Waals surface area contributed by atoms with Crippen LogP contribution >= 0.6 is 0 Å². The van der Waals surface area contributed by atoms with Crippen molar-refractivity contribution in [3.8, 4) is 5.88 Å². The van der Waals surface area contributed by atoms with Gasteiger partial charge in [-0.25, -0.2) is 4.98 Å². The van der Waals surface area contributed by atoms with E-state index in [4.69, 9.17) is 9.47 Å². The second kappa shape index (κ2) is 8.10. The Kier molecular flexibility index (Phi) is 6.15. The molecule has 0 saturated carbocycles. The molecule has 0 radical (unpaired) electrons.